The van der Waals surface area contributed by atoms with E-state index in [2.05, 4.69) is 13.0 Å². The fourth-order valence-electron chi connectivity index (χ4n) is 6.46. The summed E-state index contributed by atoms with van der Waals surface area (Å²) in [5.74, 6) is 0.454. The number of Topliss-reactive ketones (excluding diaryl/α,β-unsaturated/α-hetero) is 1. The molecule has 25 heavy (non-hydrogen) atoms. The highest BCUT2D eigenvalue weighted by molar-refractivity contribution is 5.92. The summed E-state index contributed by atoms with van der Waals surface area (Å²) in [5.41, 5.74) is 0.770. The maximum atomic E-state index is 12.3. The van der Waals surface area contributed by atoms with Crippen molar-refractivity contribution in [1.82, 2.24) is 0 Å². The Morgan fingerprint density at radius 3 is 2.72 bits per heavy atom. The van der Waals surface area contributed by atoms with Crippen LogP contribution in [0.2, 0.25) is 0 Å². The Hall–Kier alpha value is -1.26. The molecule has 4 nitrogen and oxygen atoms in total. The summed E-state index contributed by atoms with van der Waals surface area (Å²) >= 11 is 0. The average Bonchev–Trinajstić information content (AvgIpc) is 2.87. The number of carbonyl (C=O) groups is 2. The Morgan fingerprint density at radius 1 is 1.24 bits per heavy atom. The van der Waals surface area contributed by atoms with Crippen LogP contribution in [0.25, 0.3) is 0 Å². The van der Waals surface area contributed by atoms with Gasteiger partial charge in [-0.2, -0.15) is 0 Å². The van der Waals surface area contributed by atoms with E-state index in [4.69, 9.17) is 0 Å². The summed E-state index contributed by atoms with van der Waals surface area (Å²) in [7, 11) is 0. The fourth-order valence-corrected chi connectivity index (χ4v) is 6.46. The minimum absolute atomic E-state index is 0.0279. The van der Waals surface area contributed by atoms with Gasteiger partial charge in [-0.3, -0.25) is 9.59 Å². The lowest BCUT2D eigenvalue weighted by molar-refractivity contribution is -0.155. The van der Waals surface area contributed by atoms with Gasteiger partial charge in [-0.15, -0.1) is 0 Å². The number of rotatable bonds is 2. The van der Waals surface area contributed by atoms with Gasteiger partial charge in [0.05, 0.1) is 0 Å². The first-order valence-electron chi connectivity index (χ1n) is 9.57. The number of carbonyl (C=O) groups excluding carboxylic acids is 2. The van der Waals surface area contributed by atoms with Gasteiger partial charge in [0.2, 0.25) is 0 Å². The summed E-state index contributed by atoms with van der Waals surface area (Å²) in [6, 6.07) is 0. The predicted octanol–water partition coefficient (Wildman–Crippen LogP) is 2.73. The molecule has 0 radical (unpaired) electrons. The van der Waals surface area contributed by atoms with Crippen LogP contribution < -0.4 is 0 Å². The van der Waals surface area contributed by atoms with Crippen molar-refractivity contribution in [3.05, 3.63) is 23.3 Å². The lowest BCUT2D eigenvalue weighted by Crippen LogP contribution is -2.55. The van der Waals surface area contributed by atoms with Crippen LogP contribution >= 0.6 is 0 Å². The Balaban J connectivity index is 1.75. The molecule has 1 unspecified atom stereocenters. The lowest BCUT2D eigenvalue weighted by atomic mass is 9.50. The van der Waals surface area contributed by atoms with Gasteiger partial charge in [0.1, 0.15) is 12.2 Å². The maximum Gasteiger partial charge on any atom is 0.190 e. The van der Waals surface area contributed by atoms with Crippen molar-refractivity contribution in [2.45, 2.75) is 64.4 Å². The zero-order valence-electron chi connectivity index (χ0n) is 15.2. The normalized spacial score (nSPS) is 45.8. The average molecular weight is 344 g/mol. The van der Waals surface area contributed by atoms with Gasteiger partial charge < -0.3 is 10.2 Å². The highest BCUT2D eigenvalue weighted by Crippen LogP contribution is 2.65. The minimum Gasteiger partial charge on any atom is -0.388 e. The van der Waals surface area contributed by atoms with Crippen LogP contribution in [0.15, 0.2) is 23.3 Å². The molecule has 0 heterocycles. The number of aliphatic hydroxyl groups is 2. The minimum atomic E-state index is -1.41. The predicted molar refractivity (Wildman–Crippen MR) is 93.7 cm³/mol. The topological polar surface area (TPSA) is 74.6 Å². The van der Waals surface area contributed by atoms with Crippen LogP contribution in [-0.4, -0.2) is 34.0 Å². The molecule has 0 spiro atoms. The molecule has 2 saturated carbocycles. The van der Waals surface area contributed by atoms with Crippen molar-refractivity contribution in [2.75, 3.05) is 6.61 Å². The monoisotopic (exact) mass is 344 g/mol. The molecule has 0 bridgehead atoms. The standard InChI is InChI=1S/C21H28O4/c1-19-8-5-14(23)11-13(19)3-4-15-16(19)6-9-20(2)17(15)7-10-21(20,25)18(24)12-22/h6,11,15,17,22,25H,3-5,7-10,12H2,1-2H3/t15-,17+,19+,20+,21?/m1/s1. The van der Waals surface area contributed by atoms with E-state index in [1.165, 1.54) is 11.1 Å². The number of fused-ring (bicyclic) bond motifs is 5. The lowest BCUT2D eigenvalue weighted by Gasteiger charge is -2.54. The highest BCUT2D eigenvalue weighted by Gasteiger charge is 2.64. The van der Waals surface area contributed by atoms with Gasteiger partial charge in [0.15, 0.2) is 11.6 Å². The number of ketones is 2. The summed E-state index contributed by atoms with van der Waals surface area (Å²) in [6.45, 7) is 3.71. The SMILES string of the molecule is C[C@]12CCC(=O)C=C1CC[C@@H]1C2=CC[C@@]2(C)[C@H]1CCC2(O)C(=O)CO. The van der Waals surface area contributed by atoms with Crippen LogP contribution in [0.5, 0.6) is 0 Å². The second-order valence-electron chi connectivity index (χ2n) is 8.98. The van der Waals surface area contributed by atoms with Crippen molar-refractivity contribution in [1.29, 1.82) is 0 Å². The molecular formula is C21H28O4. The molecule has 5 atom stereocenters. The van der Waals surface area contributed by atoms with Crippen molar-refractivity contribution in [3.63, 3.8) is 0 Å². The molecule has 0 saturated heterocycles. The molecule has 4 aliphatic rings. The first kappa shape index (κ1) is 17.2. The third-order valence-electron chi connectivity index (χ3n) is 8.09. The molecule has 0 aromatic heterocycles. The largest absolute Gasteiger partial charge is 0.388 e. The van der Waals surface area contributed by atoms with Crippen molar-refractivity contribution >= 4 is 11.6 Å². The van der Waals surface area contributed by atoms with Crippen LogP contribution in [0.4, 0.5) is 0 Å². The molecule has 0 aromatic rings. The highest BCUT2D eigenvalue weighted by atomic mass is 16.3. The van der Waals surface area contributed by atoms with Gasteiger partial charge in [-0.1, -0.05) is 31.1 Å². The molecule has 0 aliphatic heterocycles. The Kier molecular flexibility index (Phi) is 3.69. The van der Waals surface area contributed by atoms with E-state index in [1.54, 1.807) is 0 Å². The Morgan fingerprint density at radius 2 is 2.00 bits per heavy atom. The fraction of sp³-hybridized carbons (Fsp3) is 0.714. The Labute approximate surface area is 149 Å². The van der Waals surface area contributed by atoms with Crippen molar-refractivity contribution in [3.8, 4) is 0 Å². The van der Waals surface area contributed by atoms with Gasteiger partial charge in [0.25, 0.3) is 0 Å². The summed E-state index contributed by atoms with van der Waals surface area (Å²) in [4.78, 5) is 24.2. The Bertz CT molecular complexity index is 705. The second kappa shape index (κ2) is 5.37. The molecule has 0 aromatic carbocycles. The number of allylic oxidation sites excluding steroid dienone is 4. The number of hydrogen-bond donors (Lipinski definition) is 2. The number of hydrogen-bond acceptors (Lipinski definition) is 4. The van der Waals surface area contributed by atoms with Gasteiger partial charge in [-0.05, 0) is 56.4 Å². The molecule has 4 rings (SSSR count). The molecule has 4 aliphatic carbocycles. The summed E-state index contributed by atoms with van der Waals surface area (Å²) in [6.07, 6.45) is 9.48. The van der Waals surface area contributed by atoms with E-state index in [0.717, 1.165) is 25.7 Å². The maximum absolute atomic E-state index is 12.3. The van der Waals surface area contributed by atoms with E-state index < -0.39 is 23.4 Å². The number of aliphatic hydroxyl groups excluding tert-OH is 1. The third-order valence-corrected chi connectivity index (χ3v) is 8.09. The van der Waals surface area contributed by atoms with Crippen LogP contribution in [0.1, 0.15) is 58.8 Å². The van der Waals surface area contributed by atoms with Gasteiger partial charge in [0, 0.05) is 17.3 Å². The quantitative estimate of drug-likeness (QED) is 0.756. The van der Waals surface area contributed by atoms with Crippen molar-refractivity contribution in [2.24, 2.45) is 22.7 Å². The first-order chi connectivity index (χ1) is 11.8. The van der Waals surface area contributed by atoms with Gasteiger partial charge >= 0.3 is 0 Å². The summed E-state index contributed by atoms with van der Waals surface area (Å²) in [5, 5.41) is 20.5. The molecule has 2 N–H and O–H groups in total. The van der Waals surface area contributed by atoms with Crippen LogP contribution in [-0.2, 0) is 9.59 Å². The van der Waals surface area contributed by atoms with E-state index in [-0.39, 0.29) is 17.1 Å². The zero-order chi connectivity index (χ0) is 18.0. The van der Waals surface area contributed by atoms with Crippen LogP contribution in [0, 0.1) is 22.7 Å². The molecule has 4 heteroatoms. The second-order valence-corrected chi connectivity index (χ2v) is 8.98. The molecule has 0 amide bonds. The smallest absolute Gasteiger partial charge is 0.190 e. The molecule has 136 valence electrons. The van der Waals surface area contributed by atoms with Crippen molar-refractivity contribution < 1.29 is 19.8 Å². The molecule has 2 fully saturated rings. The first-order valence-corrected chi connectivity index (χ1v) is 9.57. The van der Waals surface area contributed by atoms with Gasteiger partial charge in [-0.25, -0.2) is 0 Å². The zero-order valence-corrected chi connectivity index (χ0v) is 15.2. The summed E-state index contributed by atoms with van der Waals surface area (Å²) < 4.78 is 0. The van der Waals surface area contributed by atoms with Crippen LogP contribution in [0.3, 0.4) is 0 Å². The van der Waals surface area contributed by atoms with E-state index in [1.807, 2.05) is 13.0 Å². The third kappa shape index (κ3) is 2.07. The van der Waals surface area contributed by atoms with E-state index in [9.17, 15) is 19.8 Å². The van der Waals surface area contributed by atoms with E-state index >= 15 is 0 Å². The van der Waals surface area contributed by atoms with E-state index in [0.29, 0.717) is 25.2 Å². The molecular weight excluding hydrogens is 316 g/mol.